The molecule has 1 heterocycles. The Morgan fingerprint density at radius 3 is 2.52 bits per heavy atom. The van der Waals surface area contributed by atoms with E-state index in [1.807, 2.05) is 30.3 Å². The first kappa shape index (κ1) is 20.2. The van der Waals surface area contributed by atoms with E-state index in [-0.39, 0.29) is 29.4 Å². The molecule has 0 atom stereocenters. The highest BCUT2D eigenvalue weighted by molar-refractivity contribution is 7.89. The predicted octanol–water partition coefficient (Wildman–Crippen LogP) is 2.56. The summed E-state index contributed by atoms with van der Waals surface area (Å²) in [7, 11) is -3.95. The van der Waals surface area contributed by atoms with E-state index in [1.165, 1.54) is 24.5 Å². The SMILES string of the molecule is O=C(NCCNS(=O)(=O)c1cccc([N+](=O)[O-])c1)c1occc1-c1ccccc1. The Morgan fingerprint density at radius 1 is 1.03 bits per heavy atom. The van der Waals surface area contributed by atoms with Crippen LogP contribution in [-0.2, 0) is 10.0 Å². The molecule has 3 rings (SSSR count). The molecule has 0 aliphatic carbocycles. The molecule has 0 aliphatic heterocycles. The van der Waals surface area contributed by atoms with Crippen LogP contribution in [-0.4, -0.2) is 32.3 Å². The van der Waals surface area contributed by atoms with E-state index in [2.05, 4.69) is 10.0 Å². The second-order valence-corrected chi connectivity index (χ2v) is 7.70. The largest absolute Gasteiger partial charge is 0.459 e. The quantitative estimate of drug-likeness (QED) is 0.330. The highest BCUT2D eigenvalue weighted by Gasteiger charge is 2.19. The van der Waals surface area contributed by atoms with Gasteiger partial charge in [0.25, 0.3) is 11.6 Å². The normalized spacial score (nSPS) is 11.2. The van der Waals surface area contributed by atoms with Crippen molar-refractivity contribution >= 4 is 21.6 Å². The summed E-state index contributed by atoms with van der Waals surface area (Å²) in [6.07, 6.45) is 1.41. The number of furan rings is 1. The Labute approximate surface area is 166 Å². The lowest BCUT2D eigenvalue weighted by molar-refractivity contribution is -0.385. The van der Waals surface area contributed by atoms with Gasteiger partial charge in [-0.25, -0.2) is 13.1 Å². The minimum Gasteiger partial charge on any atom is -0.459 e. The summed E-state index contributed by atoms with van der Waals surface area (Å²) in [5.74, 6) is -0.360. The lowest BCUT2D eigenvalue weighted by Crippen LogP contribution is -2.34. The van der Waals surface area contributed by atoms with E-state index in [1.54, 1.807) is 6.07 Å². The van der Waals surface area contributed by atoms with Gasteiger partial charge < -0.3 is 9.73 Å². The fraction of sp³-hybridized carbons (Fsp3) is 0.105. The smallest absolute Gasteiger partial charge is 0.287 e. The lowest BCUT2D eigenvalue weighted by Gasteiger charge is -2.08. The van der Waals surface area contributed by atoms with Crippen LogP contribution in [0.3, 0.4) is 0 Å². The van der Waals surface area contributed by atoms with Crippen LogP contribution in [0.1, 0.15) is 10.6 Å². The predicted molar refractivity (Wildman–Crippen MR) is 105 cm³/mol. The number of carbonyl (C=O) groups excluding carboxylic acids is 1. The molecule has 2 N–H and O–H groups in total. The Hall–Kier alpha value is -3.50. The number of nitro groups is 1. The van der Waals surface area contributed by atoms with Crippen molar-refractivity contribution in [1.29, 1.82) is 0 Å². The third-order valence-electron chi connectivity index (χ3n) is 4.00. The Morgan fingerprint density at radius 2 is 1.79 bits per heavy atom. The second kappa shape index (κ2) is 8.67. The van der Waals surface area contributed by atoms with Gasteiger partial charge in [-0.2, -0.15) is 0 Å². The van der Waals surface area contributed by atoms with Crippen LogP contribution in [0.15, 0.2) is 76.2 Å². The summed E-state index contributed by atoms with van der Waals surface area (Å²) in [6, 6.07) is 15.6. The van der Waals surface area contributed by atoms with Crippen molar-refractivity contribution in [3.05, 3.63) is 82.8 Å². The van der Waals surface area contributed by atoms with Crippen LogP contribution in [0, 0.1) is 10.1 Å². The molecule has 0 saturated carbocycles. The van der Waals surface area contributed by atoms with Crippen LogP contribution in [0.4, 0.5) is 5.69 Å². The maximum Gasteiger partial charge on any atom is 0.287 e. The molecule has 0 unspecified atom stereocenters. The number of amides is 1. The first-order chi connectivity index (χ1) is 13.9. The Balaban J connectivity index is 1.58. The van der Waals surface area contributed by atoms with E-state index < -0.39 is 20.9 Å². The molecule has 0 bridgehead atoms. The molecule has 0 spiro atoms. The van der Waals surface area contributed by atoms with Crippen LogP contribution in [0.2, 0.25) is 0 Å². The number of carbonyl (C=O) groups is 1. The monoisotopic (exact) mass is 415 g/mol. The van der Waals surface area contributed by atoms with Crippen LogP contribution in [0.5, 0.6) is 0 Å². The molecule has 1 amide bonds. The van der Waals surface area contributed by atoms with Gasteiger partial charge in [-0.05, 0) is 17.7 Å². The van der Waals surface area contributed by atoms with Crippen molar-refractivity contribution in [3.63, 3.8) is 0 Å². The molecule has 29 heavy (non-hydrogen) atoms. The average molecular weight is 415 g/mol. The second-order valence-electron chi connectivity index (χ2n) is 5.94. The van der Waals surface area contributed by atoms with Crippen molar-refractivity contribution in [3.8, 4) is 11.1 Å². The van der Waals surface area contributed by atoms with Gasteiger partial charge in [0.1, 0.15) is 0 Å². The van der Waals surface area contributed by atoms with Crippen molar-refractivity contribution < 1.29 is 22.6 Å². The zero-order chi connectivity index (χ0) is 20.9. The standard InChI is InChI=1S/C19H17N3O6S/c23-19(18-17(9-12-28-18)14-5-2-1-3-6-14)20-10-11-21-29(26,27)16-8-4-7-15(13-16)22(24)25/h1-9,12-13,21H,10-11H2,(H,20,23). The number of nitrogens with zero attached hydrogens (tertiary/aromatic N) is 1. The lowest BCUT2D eigenvalue weighted by atomic mass is 10.1. The number of benzene rings is 2. The molecule has 0 saturated heterocycles. The summed E-state index contributed by atoms with van der Waals surface area (Å²) >= 11 is 0. The zero-order valence-corrected chi connectivity index (χ0v) is 15.9. The first-order valence-electron chi connectivity index (χ1n) is 8.54. The van der Waals surface area contributed by atoms with Crippen LogP contribution >= 0.6 is 0 Å². The number of sulfonamides is 1. The van der Waals surface area contributed by atoms with Gasteiger partial charge in [-0.1, -0.05) is 36.4 Å². The summed E-state index contributed by atoms with van der Waals surface area (Å²) in [5, 5.41) is 13.4. The average Bonchev–Trinajstić information content (AvgIpc) is 3.22. The number of nitro benzene ring substituents is 1. The van der Waals surface area contributed by atoms with Crippen molar-refractivity contribution in [2.24, 2.45) is 0 Å². The van der Waals surface area contributed by atoms with Gasteiger partial charge >= 0.3 is 0 Å². The molecule has 0 aliphatic rings. The van der Waals surface area contributed by atoms with E-state index in [0.717, 1.165) is 11.6 Å². The maximum atomic E-state index is 12.4. The van der Waals surface area contributed by atoms with Gasteiger partial charge in [-0.3, -0.25) is 14.9 Å². The molecule has 2 aromatic carbocycles. The van der Waals surface area contributed by atoms with E-state index in [4.69, 9.17) is 4.42 Å². The molecule has 1 aromatic heterocycles. The van der Waals surface area contributed by atoms with E-state index in [9.17, 15) is 23.3 Å². The highest BCUT2D eigenvalue weighted by atomic mass is 32.2. The third kappa shape index (κ3) is 4.86. The number of rotatable bonds is 8. The minimum absolute atomic E-state index is 0.00190. The van der Waals surface area contributed by atoms with Crippen LogP contribution < -0.4 is 10.0 Å². The Kier molecular flexibility index (Phi) is 6.05. The summed E-state index contributed by atoms with van der Waals surface area (Å²) in [5.41, 5.74) is 1.12. The minimum atomic E-state index is -3.95. The number of hydrogen-bond acceptors (Lipinski definition) is 6. The highest BCUT2D eigenvalue weighted by Crippen LogP contribution is 2.24. The molecule has 10 heteroatoms. The van der Waals surface area contributed by atoms with E-state index in [0.29, 0.717) is 5.56 Å². The van der Waals surface area contributed by atoms with Gasteiger partial charge in [0, 0.05) is 30.8 Å². The third-order valence-corrected chi connectivity index (χ3v) is 5.46. The molecule has 9 nitrogen and oxygen atoms in total. The molecule has 0 fully saturated rings. The topological polar surface area (TPSA) is 132 Å². The number of nitrogens with one attached hydrogen (secondary N) is 2. The van der Waals surface area contributed by atoms with E-state index >= 15 is 0 Å². The molecule has 150 valence electrons. The van der Waals surface area contributed by atoms with Crippen molar-refractivity contribution in [2.75, 3.05) is 13.1 Å². The molecule has 3 aromatic rings. The van der Waals surface area contributed by atoms with Crippen molar-refractivity contribution in [2.45, 2.75) is 4.90 Å². The summed E-state index contributed by atoms with van der Waals surface area (Å²) in [4.78, 5) is 22.2. The molecule has 0 radical (unpaired) electrons. The van der Waals surface area contributed by atoms with Crippen LogP contribution in [0.25, 0.3) is 11.1 Å². The molecular formula is C19H17N3O6S. The summed E-state index contributed by atoms with van der Waals surface area (Å²) < 4.78 is 32.1. The number of hydrogen-bond donors (Lipinski definition) is 2. The zero-order valence-electron chi connectivity index (χ0n) is 15.1. The van der Waals surface area contributed by atoms with Gasteiger partial charge in [-0.15, -0.1) is 0 Å². The Bertz CT molecular complexity index is 1130. The fourth-order valence-electron chi connectivity index (χ4n) is 2.62. The van der Waals surface area contributed by atoms with Gasteiger partial charge in [0.2, 0.25) is 10.0 Å². The first-order valence-corrected chi connectivity index (χ1v) is 10.0. The van der Waals surface area contributed by atoms with Crippen molar-refractivity contribution in [1.82, 2.24) is 10.0 Å². The molecular weight excluding hydrogens is 398 g/mol. The number of non-ortho nitro benzene ring substituents is 1. The maximum absolute atomic E-state index is 12.4. The van der Waals surface area contributed by atoms with Gasteiger partial charge in [0.05, 0.1) is 16.1 Å². The summed E-state index contributed by atoms with van der Waals surface area (Å²) in [6.45, 7) is -0.0972. The van der Waals surface area contributed by atoms with Gasteiger partial charge in [0.15, 0.2) is 5.76 Å². The fourth-order valence-corrected chi connectivity index (χ4v) is 3.69.